The van der Waals surface area contributed by atoms with Gasteiger partial charge in [-0.25, -0.2) is 9.18 Å². The second-order valence-corrected chi connectivity index (χ2v) is 10.6. The zero-order chi connectivity index (χ0) is 27.2. The predicted molar refractivity (Wildman–Crippen MR) is 139 cm³/mol. The van der Waals surface area contributed by atoms with E-state index in [2.05, 4.69) is 22.3 Å². The summed E-state index contributed by atoms with van der Waals surface area (Å²) in [6.07, 6.45) is 4.81. The monoisotopic (exact) mass is 530 g/mol. The lowest BCUT2D eigenvalue weighted by Gasteiger charge is -2.55. The van der Waals surface area contributed by atoms with Gasteiger partial charge in [-0.15, -0.1) is 0 Å². The summed E-state index contributed by atoms with van der Waals surface area (Å²) in [5.74, 6) is 5.83. The number of fused-ring (bicyclic) bond motifs is 1. The van der Waals surface area contributed by atoms with E-state index in [9.17, 15) is 19.1 Å². The van der Waals surface area contributed by atoms with Crippen molar-refractivity contribution < 1.29 is 28.6 Å². The largest absolute Gasteiger partial charge is 0.489 e. The number of hydrogen-bond donors (Lipinski definition) is 2. The van der Waals surface area contributed by atoms with Gasteiger partial charge in [0.15, 0.2) is 0 Å². The number of amides is 2. The first-order chi connectivity index (χ1) is 18.7. The average Bonchev–Trinajstić information content (AvgIpc) is 3.32. The number of anilines is 1. The average molecular weight is 531 g/mol. The summed E-state index contributed by atoms with van der Waals surface area (Å²) in [7, 11) is 1.61. The van der Waals surface area contributed by atoms with Gasteiger partial charge in [0, 0.05) is 30.6 Å². The number of carbonyl (C=O) groups is 2. The lowest BCUT2D eigenvalue weighted by molar-refractivity contribution is -0.219. The van der Waals surface area contributed by atoms with Crippen LogP contribution in [0.4, 0.5) is 14.9 Å². The molecule has 2 amide bonds. The molecular formula is C29H27FN4O5. The molecular weight excluding hydrogens is 503 g/mol. The van der Waals surface area contributed by atoms with E-state index in [1.165, 1.54) is 17.0 Å². The van der Waals surface area contributed by atoms with E-state index in [0.717, 1.165) is 15.8 Å². The number of nitrogens with one attached hydrogen (secondary N) is 1. The molecule has 1 aliphatic carbocycles. The summed E-state index contributed by atoms with van der Waals surface area (Å²) in [5, 5.41) is 17.5. The smallest absolute Gasteiger partial charge is 0.342 e. The number of likely N-dealkylation sites (N-methyl/N-ethyl adjacent to an activating group) is 1. The molecule has 2 aliphatic heterocycles. The number of nitrogens with zero attached hydrogens (tertiary/aromatic N) is 3. The van der Waals surface area contributed by atoms with Gasteiger partial charge in [0.25, 0.3) is 5.91 Å². The van der Waals surface area contributed by atoms with Crippen LogP contribution in [0.2, 0.25) is 0 Å². The van der Waals surface area contributed by atoms with Crippen molar-refractivity contribution in [3.05, 3.63) is 77.4 Å². The van der Waals surface area contributed by atoms with E-state index >= 15 is 0 Å². The van der Waals surface area contributed by atoms with Crippen LogP contribution in [0.15, 0.2) is 54.9 Å². The minimum absolute atomic E-state index is 0.0550. The summed E-state index contributed by atoms with van der Waals surface area (Å²) in [6.45, 7) is 1.30. The number of ether oxygens (including phenoxy) is 2. The molecule has 1 saturated carbocycles. The Labute approximate surface area is 224 Å². The Morgan fingerprint density at radius 2 is 1.97 bits per heavy atom. The number of aliphatic hydroxyl groups is 1. The van der Waals surface area contributed by atoms with Crippen molar-refractivity contribution in [3.63, 3.8) is 0 Å². The predicted octanol–water partition coefficient (Wildman–Crippen LogP) is 2.49. The van der Waals surface area contributed by atoms with Crippen molar-refractivity contribution in [2.45, 2.75) is 30.9 Å². The zero-order valence-corrected chi connectivity index (χ0v) is 21.3. The highest BCUT2D eigenvalue weighted by Gasteiger charge is 2.57. The molecule has 1 spiro atoms. The normalized spacial score (nSPS) is 20.4. The number of halogens is 1. The fourth-order valence-electron chi connectivity index (χ4n) is 5.36. The van der Waals surface area contributed by atoms with E-state index in [-0.39, 0.29) is 23.7 Å². The summed E-state index contributed by atoms with van der Waals surface area (Å²) in [6, 6.07) is 9.85. The van der Waals surface area contributed by atoms with Crippen molar-refractivity contribution >= 4 is 17.6 Å². The van der Waals surface area contributed by atoms with Crippen LogP contribution in [0.3, 0.4) is 0 Å². The fraction of sp³-hybridized carbons (Fsp3) is 0.345. The van der Waals surface area contributed by atoms with E-state index in [1.807, 2.05) is 0 Å². The van der Waals surface area contributed by atoms with Crippen LogP contribution in [0.1, 0.15) is 29.5 Å². The quantitative estimate of drug-likeness (QED) is 0.504. The lowest BCUT2D eigenvalue weighted by Crippen LogP contribution is -2.60. The number of carbonyl (C=O) groups excluding carboxylic acids is 2. The third kappa shape index (κ3) is 4.99. The number of aromatic nitrogens is 2. The molecule has 10 heteroatoms. The maximum absolute atomic E-state index is 13.2. The van der Waals surface area contributed by atoms with Crippen molar-refractivity contribution in [1.29, 1.82) is 0 Å². The summed E-state index contributed by atoms with van der Waals surface area (Å²) < 4.78 is 25.4. The summed E-state index contributed by atoms with van der Waals surface area (Å²) in [5.41, 5.74) is 1.87. The van der Waals surface area contributed by atoms with Crippen LogP contribution in [0.25, 0.3) is 0 Å². The topological polar surface area (TPSA) is 106 Å². The van der Waals surface area contributed by atoms with Crippen LogP contribution in [-0.2, 0) is 16.0 Å². The van der Waals surface area contributed by atoms with Crippen molar-refractivity contribution in [1.82, 2.24) is 15.1 Å². The SMILES string of the molecule is CN1C(=O)C(NC(=O)n2cc(Cc3ccc(F)cc3)cn2)COc2ccc(C#CC3(O)CC4(COC4)C3)cc21. The molecule has 2 fully saturated rings. The minimum atomic E-state index is -1.02. The summed E-state index contributed by atoms with van der Waals surface area (Å²) in [4.78, 5) is 27.5. The highest BCUT2D eigenvalue weighted by atomic mass is 19.1. The third-order valence-corrected chi connectivity index (χ3v) is 7.41. The van der Waals surface area contributed by atoms with E-state index in [4.69, 9.17) is 9.47 Å². The Morgan fingerprint density at radius 1 is 1.21 bits per heavy atom. The van der Waals surface area contributed by atoms with Crippen molar-refractivity contribution in [2.75, 3.05) is 31.8 Å². The first kappa shape index (κ1) is 25.1. The molecule has 2 aromatic carbocycles. The molecule has 200 valence electrons. The van der Waals surface area contributed by atoms with E-state index in [1.54, 1.807) is 49.8 Å². The molecule has 0 radical (unpaired) electrons. The van der Waals surface area contributed by atoms with E-state index in [0.29, 0.717) is 49.5 Å². The Balaban J connectivity index is 1.11. The number of hydrogen-bond acceptors (Lipinski definition) is 6. The second-order valence-electron chi connectivity index (χ2n) is 10.6. The zero-order valence-electron chi connectivity index (χ0n) is 21.3. The lowest BCUT2D eigenvalue weighted by atomic mass is 9.58. The van der Waals surface area contributed by atoms with Gasteiger partial charge >= 0.3 is 6.03 Å². The van der Waals surface area contributed by atoms with E-state index < -0.39 is 17.7 Å². The molecule has 6 rings (SSSR count). The van der Waals surface area contributed by atoms with Crippen LogP contribution in [-0.4, -0.2) is 65.3 Å². The van der Waals surface area contributed by atoms with Gasteiger partial charge in [-0.05, 0) is 54.3 Å². The molecule has 1 saturated heterocycles. The van der Waals surface area contributed by atoms with Gasteiger partial charge in [-0.2, -0.15) is 9.78 Å². The highest BCUT2D eigenvalue weighted by molar-refractivity contribution is 6.00. The first-order valence-electron chi connectivity index (χ1n) is 12.7. The Bertz CT molecular complexity index is 1490. The third-order valence-electron chi connectivity index (χ3n) is 7.41. The first-order valence-corrected chi connectivity index (χ1v) is 12.7. The Kier molecular flexibility index (Phi) is 6.13. The fourth-order valence-corrected chi connectivity index (χ4v) is 5.36. The standard InChI is InChI=1S/C29H27FN4O5/c1-33-24-11-20(8-9-29(37)15-28(16-29)17-38-18-28)4-7-25(24)39-14-23(26(33)35)32-27(36)34-13-21(12-31-34)10-19-2-5-22(30)6-3-19/h2-7,11-13,23,37H,10,14-18H2,1H3,(H,32,36). The molecule has 1 aromatic heterocycles. The van der Waals surface area contributed by atoms with Gasteiger partial charge in [0.1, 0.15) is 29.8 Å². The Hall–Kier alpha value is -4.20. The molecule has 2 N–H and O–H groups in total. The molecule has 39 heavy (non-hydrogen) atoms. The highest BCUT2D eigenvalue weighted by Crippen LogP contribution is 2.52. The van der Waals surface area contributed by atoms with Crippen molar-refractivity contribution in [3.8, 4) is 17.6 Å². The second kappa shape index (κ2) is 9.52. The van der Waals surface area contributed by atoms with Crippen LogP contribution < -0.4 is 15.0 Å². The molecule has 3 aliphatic rings. The number of rotatable bonds is 3. The van der Waals surface area contributed by atoms with Gasteiger partial charge in [-0.3, -0.25) is 4.79 Å². The van der Waals surface area contributed by atoms with Crippen LogP contribution in [0, 0.1) is 23.1 Å². The minimum Gasteiger partial charge on any atom is -0.489 e. The maximum atomic E-state index is 13.2. The van der Waals surface area contributed by atoms with Gasteiger partial charge < -0.3 is 24.8 Å². The maximum Gasteiger partial charge on any atom is 0.342 e. The molecule has 1 unspecified atom stereocenters. The van der Waals surface area contributed by atoms with Gasteiger partial charge in [-0.1, -0.05) is 24.0 Å². The number of benzene rings is 2. The van der Waals surface area contributed by atoms with Gasteiger partial charge in [0.2, 0.25) is 0 Å². The molecule has 3 heterocycles. The van der Waals surface area contributed by atoms with Gasteiger partial charge in [0.05, 0.1) is 25.1 Å². The molecule has 3 aromatic rings. The van der Waals surface area contributed by atoms with Crippen molar-refractivity contribution in [2.24, 2.45) is 5.41 Å². The summed E-state index contributed by atoms with van der Waals surface area (Å²) >= 11 is 0. The van der Waals surface area contributed by atoms with Crippen LogP contribution in [0.5, 0.6) is 5.75 Å². The van der Waals surface area contributed by atoms with Crippen LogP contribution >= 0.6 is 0 Å². The molecule has 1 atom stereocenters. The Morgan fingerprint density at radius 3 is 2.69 bits per heavy atom. The molecule has 9 nitrogen and oxygen atoms in total. The molecule has 0 bridgehead atoms.